The zero-order valence-electron chi connectivity index (χ0n) is 8.15. The van der Waals surface area contributed by atoms with Crippen molar-refractivity contribution in [1.29, 1.82) is 0 Å². The second-order valence-electron chi connectivity index (χ2n) is 2.87. The van der Waals surface area contributed by atoms with Crippen molar-refractivity contribution < 1.29 is 9.18 Å². The Morgan fingerprint density at radius 3 is 2.75 bits per heavy atom. The van der Waals surface area contributed by atoms with Crippen LogP contribution in [0.25, 0.3) is 6.08 Å². The third kappa shape index (κ3) is 3.82. The molecule has 0 spiro atoms. The van der Waals surface area contributed by atoms with Crippen LogP contribution in [0.5, 0.6) is 0 Å². The molecule has 84 valence electrons. The highest BCUT2D eigenvalue weighted by Crippen LogP contribution is 2.16. The molecule has 6 heteroatoms. The summed E-state index contributed by atoms with van der Waals surface area (Å²) in [5.41, 5.74) is 10.3. The van der Waals surface area contributed by atoms with E-state index in [9.17, 15) is 9.18 Å². The lowest BCUT2D eigenvalue weighted by molar-refractivity contribution is -0.113. The molecule has 1 aromatic rings. The highest BCUT2D eigenvalue weighted by Gasteiger charge is 2.00. The molecular formula is C10H9BrFN3O. The quantitative estimate of drug-likeness (QED) is 0.490. The minimum Gasteiger partial charge on any atom is -0.370 e. The summed E-state index contributed by atoms with van der Waals surface area (Å²) in [5.74, 6) is -1.40. The summed E-state index contributed by atoms with van der Waals surface area (Å²) >= 11 is 3.19. The van der Waals surface area contributed by atoms with Crippen molar-refractivity contribution in [2.24, 2.45) is 16.5 Å². The van der Waals surface area contributed by atoms with Gasteiger partial charge < -0.3 is 11.5 Å². The molecule has 0 heterocycles. The van der Waals surface area contributed by atoms with Gasteiger partial charge in [-0.1, -0.05) is 15.9 Å². The van der Waals surface area contributed by atoms with Crippen molar-refractivity contribution in [3.63, 3.8) is 0 Å². The molecule has 1 amide bonds. The van der Waals surface area contributed by atoms with Crippen LogP contribution in [0.3, 0.4) is 0 Å². The van der Waals surface area contributed by atoms with Gasteiger partial charge in [0.25, 0.3) is 5.91 Å². The molecule has 0 saturated carbocycles. The first kappa shape index (κ1) is 12.4. The number of halogens is 2. The molecule has 0 fully saturated rings. The Balaban J connectivity index is 2.88. The largest absolute Gasteiger partial charge is 0.370 e. The predicted octanol–water partition coefficient (Wildman–Crippen LogP) is 1.40. The smallest absolute Gasteiger partial charge is 0.272 e. The Kier molecular flexibility index (Phi) is 4.19. The first-order chi connectivity index (χ1) is 7.49. The Morgan fingerprint density at radius 1 is 1.44 bits per heavy atom. The van der Waals surface area contributed by atoms with Crippen molar-refractivity contribution in [2.45, 2.75) is 0 Å². The lowest BCUT2D eigenvalue weighted by Gasteiger charge is -1.96. The highest BCUT2D eigenvalue weighted by atomic mass is 79.9. The fraction of sp³-hybridized carbons (Fsp3) is 0. The monoisotopic (exact) mass is 285 g/mol. The Labute approximate surface area is 100.0 Å². The van der Waals surface area contributed by atoms with Gasteiger partial charge in [0, 0.05) is 16.1 Å². The van der Waals surface area contributed by atoms with E-state index in [1.807, 2.05) is 0 Å². The van der Waals surface area contributed by atoms with Gasteiger partial charge in [0.15, 0.2) is 5.96 Å². The summed E-state index contributed by atoms with van der Waals surface area (Å²) in [6.07, 6.45) is 2.39. The van der Waals surface area contributed by atoms with Gasteiger partial charge in [-0.3, -0.25) is 4.79 Å². The van der Waals surface area contributed by atoms with E-state index in [0.29, 0.717) is 4.47 Å². The van der Waals surface area contributed by atoms with Crippen LogP contribution in [0.15, 0.2) is 33.7 Å². The first-order valence-corrected chi connectivity index (χ1v) is 5.05. The molecule has 0 atom stereocenters. The molecule has 0 aliphatic rings. The van der Waals surface area contributed by atoms with Crippen LogP contribution in [0.4, 0.5) is 4.39 Å². The zero-order chi connectivity index (χ0) is 12.1. The second-order valence-corrected chi connectivity index (χ2v) is 3.79. The molecular weight excluding hydrogens is 277 g/mol. The number of nitrogens with zero attached hydrogens (tertiary/aromatic N) is 1. The van der Waals surface area contributed by atoms with Crippen LogP contribution in [0.1, 0.15) is 5.56 Å². The van der Waals surface area contributed by atoms with Crippen LogP contribution in [0.2, 0.25) is 0 Å². The van der Waals surface area contributed by atoms with E-state index in [4.69, 9.17) is 11.5 Å². The maximum absolute atomic E-state index is 13.2. The van der Waals surface area contributed by atoms with E-state index in [-0.39, 0.29) is 11.5 Å². The number of carbonyl (C=O) groups excluding carboxylic acids is 1. The summed E-state index contributed by atoms with van der Waals surface area (Å²) in [6, 6.07) is 4.38. The van der Waals surface area contributed by atoms with Gasteiger partial charge in [-0.2, -0.15) is 4.99 Å². The molecule has 1 rings (SSSR count). The van der Waals surface area contributed by atoms with Crippen LogP contribution in [-0.4, -0.2) is 11.9 Å². The van der Waals surface area contributed by atoms with E-state index >= 15 is 0 Å². The van der Waals surface area contributed by atoms with Crippen LogP contribution < -0.4 is 11.5 Å². The van der Waals surface area contributed by atoms with E-state index in [1.54, 1.807) is 6.07 Å². The van der Waals surface area contributed by atoms with Crippen molar-refractivity contribution in [3.05, 3.63) is 40.1 Å². The molecule has 4 N–H and O–H groups in total. The molecule has 1 aromatic carbocycles. The maximum Gasteiger partial charge on any atom is 0.272 e. The molecule has 16 heavy (non-hydrogen) atoms. The van der Waals surface area contributed by atoms with E-state index in [0.717, 1.165) is 6.08 Å². The number of hydrogen-bond acceptors (Lipinski definition) is 1. The predicted molar refractivity (Wildman–Crippen MR) is 64.0 cm³/mol. The molecule has 0 unspecified atom stereocenters. The average molecular weight is 286 g/mol. The number of carbonyl (C=O) groups is 1. The molecule has 0 radical (unpaired) electrons. The SMILES string of the molecule is NC(N)=NC(=O)C=Cc1cc(Br)ccc1F. The molecule has 0 aliphatic carbocycles. The van der Waals surface area contributed by atoms with Crippen molar-refractivity contribution in [1.82, 2.24) is 0 Å². The molecule has 0 saturated heterocycles. The summed E-state index contributed by atoms with van der Waals surface area (Å²) in [4.78, 5) is 14.3. The lowest BCUT2D eigenvalue weighted by Crippen LogP contribution is -2.23. The molecule has 4 nitrogen and oxygen atoms in total. The van der Waals surface area contributed by atoms with Gasteiger partial charge >= 0.3 is 0 Å². The summed E-state index contributed by atoms with van der Waals surface area (Å²) in [6.45, 7) is 0. The number of aliphatic imine (C=N–C) groups is 1. The van der Waals surface area contributed by atoms with E-state index < -0.39 is 11.7 Å². The van der Waals surface area contributed by atoms with E-state index in [1.165, 1.54) is 18.2 Å². The maximum atomic E-state index is 13.2. The minimum atomic E-state index is -0.639. The number of rotatable bonds is 2. The normalized spacial score (nSPS) is 10.4. The van der Waals surface area contributed by atoms with Gasteiger partial charge in [-0.05, 0) is 24.3 Å². The minimum absolute atomic E-state index is 0.272. The van der Waals surface area contributed by atoms with Crippen LogP contribution in [-0.2, 0) is 4.79 Å². The Morgan fingerprint density at radius 2 is 2.12 bits per heavy atom. The van der Waals surface area contributed by atoms with Gasteiger partial charge in [-0.25, -0.2) is 4.39 Å². The van der Waals surface area contributed by atoms with Gasteiger partial charge in [0.05, 0.1) is 0 Å². The first-order valence-electron chi connectivity index (χ1n) is 4.26. The number of amides is 1. The van der Waals surface area contributed by atoms with Crippen LogP contribution in [0, 0.1) is 5.82 Å². The van der Waals surface area contributed by atoms with Gasteiger partial charge in [-0.15, -0.1) is 0 Å². The second kappa shape index (κ2) is 5.41. The Hall–Kier alpha value is -1.69. The van der Waals surface area contributed by atoms with E-state index in [2.05, 4.69) is 20.9 Å². The highest BCUT2D eigenvalue weighted by molar-refractivity contribution is 9.10. The van der Waals surface area contributed by atoms with Crippen molar-refractivity contribution >= 4 is 33.9 Å². The van der Waals surface area contributed by atoms with Gasteiger partial charge in [0.2, 0.25) is 0 Å². The summed E-state index contributed by atoms with van der Waals surface area (Å²) in [7, 11) is 0. The van der Waals surface area contributed by atoms with Gasteiger partial charge in [0.1, 0.15) is 5.82 Å². The third-order valence-corrected chi connectivity index (χ3v) is 2.10. The summed E-state index contributed by atoms with van der Waals surface area (Å²) < 4.78 is 13.9. The number of nitrogens with two attached hydrogens (primary N) is 2. The molecule has 0 aliphatic heterocycles. The standard InChI is InChI=1S/C10H9BrFN3O/c11-7-2-3-8(12)6(5-7)1-4-9(16)15-10(13)14/h1-5H,(H4,13,14,15,16). The Bertz CT molecular complexity index is 467. The lowest BCUT2D eigenvalue weighted by atomic mass is 10.2. The number of hydrogen-bond donors (Lipinski definition) is 2. The number of benzene rings is 1. The fourth-order valence-corrected chi connectivity index (χ4v) is 1.35. The molecule has 0 bridgehead atoms. The zero-order valence-corrected chi connectivity index (χ0v) is 9.74. The third-order valence-electron chi connectivity index (χ3n) is 1.60. The van der Waals surface area contributed by atoms with Crippen molar-refractivity contribution in [2.75, 3.05) is 0 Å². The average Bonchev–Trinajstić information content (AvgIpc) is 2.18. The van der Waals surface area contributed by atoms with Crippen molar-refractivity contribution in [3.8, 4) is 0 Å². The summed E-state index contributed by atoms with van der Waals surface area (Å²) in [5, 5.41) is 0. The topological polar surface area (TPSA) is 81.5 Å². The van der Waals surface area contributed by atoms with Crippen LogP contribution >= 0.6 is 15.9 Å². The fourth-order valence-electron chi connectivity index (χ4n) is 0.968. The molecule has 0 aromatic heterocycles. The number of guanidine groups is 1.